The van der Waals surface area contributed by atoms with Crippen molar-refractivity contribution in [3.63, 3.8) is 0 Å². The molecule has 0 aliphatic rings. The molecule has 2 heterocycles. The fraction of sp³-hybridized carbons (Fsp3) is 0.333. The van der Waals surface area contributed by atoms with Gasteiger partial charge in [-0.3, -0.25) is 14.0 Å². The number of nitrogens with one attached hydrogen (secondary N) is 1. The van der Waals surface area contributed by atoms with Gasteiger partial charge in [0.15, 0.2) is 4.96 Å². The minimum Gasteiger partial charge on any atom is -0.481 e. The normalized spacial score (nSPS) is 12.2. The van der Waals surface area contributed by atoms with E-state index in [0.717, 1.165) is 10.7 Å². The number of aliphatic carboxylic acids is 2. The van der Waals surface area contributed by atoms with Gasteiger partial charge in [0.25, 0.3) is 0 Å². The zero-order chi connectivity index (χ0) is 15.6. The van der Waals surface area contributed by atoms with Gasteiger partial charge in [0, 0.05) is 17.3 Å². The molecule has 2 aromatic heterocycles. The third-order valence-electron chi connectivity index (χ3n) is 2.76. The smallest absolute Gasteiger partial charge is 0.326 e. The highest BCUT2D eigenvalue weighted by Gasteiger charge is 2.23. The fourth-order valence-electron chi connectivity index (χ4n) is 1.85. The number of carboxylic acids is 2. The maximum Gasteiger partial charge on any atom is 0.326 e. The van der Waals surface area contributed by atoms with Crippen LogP contribution in [0.2, 0.25) is 0 Å². The van der Waals surface area contributed by atoms with Gasteiger partial charge in [-0.2, -0.15) is 0 Å². The van der Waals surface area contributed by atoms with Gasteiger partial charge in [-0.25, -0.2) is 9.78 Å². The molecule has 0 aromatic carbocycles. The van der Waals surface area contributed by atoms with Crippen LogP contribution in [0.25, 0.3) is 4.96 Å². The Bertz CT molecular complexity index is 705. The number of aryl methyl sites for hydroxylation is 1. The van der Waals surface area contributed by atoms with E-state index in [9.17, 15) is 14.4 Å². The summed E-state index contributed by atoms with van der Waals surface area (Å²) in [4.78, 5) is 38.3. The van der Waals surface area contributed by atoms with E-state index < -0.39 is 30.3 Å². The van der Waals surface area contributed by atoms with Gasteiger partial charge in [0.05, 0.1) is 18.5 Å². The van der Waals surface area contributed by atoms with Gasteiger partial charge >= 0.3 is 11.9 Å². The minimum atomic E-state index is -1.44. The van der Waals surface area contributed by atoms with E-state index in [-0.39, 0.29) is 6.42 Å². The number of rotatable bonds is 6. The van der Waals surface area contributed by atoms with Crippen LogP contribution in [0.1, 0.15) is 17.8 Å². The fourth-order valence-corrected chi connectivity index (χ4v) is 2.77. The maximum atomic E-state index is 11.9. The number of hydrogen-bond acceptors (Lipinski definition) is 5. The van der Waals surface area contributed by atoms with Crippen molar-refractivity contribution >= 4 is 34.1 Å². The molecule has 0 aliphatic heterocycles. The summed E-state index contributed by atoms with van der Waals surface area (Å²) in [6.07, 6.45) is 1.07. The first kappa shape index (κ1) is 15.0. The van der Waals surface area contributed by atoms with E-state index in [0.29, 0.717) is 5.69 Å². The Morgan fingerprint density at radius 1 is 1.43 bits per heavy atom. The first-order valence-electron chi connectivity index (χ1n) is 6.03. The Hall–Kier alpha value is -2.42. The molecule has 0 radical (unpaired) electrons. The molecule has 112 valence electrons. The number of carbonyl (C=O) groups excluding carboxylic acids is 1. The lowest BCUT2D eigenvalue weighted by molar-refractivity contribution is -0.147. The standard InChI is InChI=1S/C12H13N3O5S/c1-6-4-15-7(5-21-12(15)13-6)2-9(16)14-8(11(19)20)3-10(17)18/h4-5,8H,2-3H2,1H3,(H,14,16)(H,17,18)(H,19,20). The van der Waals surface area contributed by atoms with Gasteiger partial charge in [0.1, 0.15) is 6.04 Å². The van der Waals surface area contributed by atoms with Crippen molar-refractivity contribution in [3.8, 4) is 0 Å². The molecule has 9 heteroatoms. The third-order valence-corrected chi connectivity index (χ3v) is 3.65. The highest BCUT2D eigenvalue weighted by molar-refractivity contribution is 7.15. The van der Waals surface area contributed by atoms with Crippen LogP contribution in [0.5, 0.6) is 0 Å². The summed E-state index contributed by atoms with van der Waals surface area (Å²) in [6, 6.07) is -1.44. The Morgan fingerprint density at radius 2 is 2.14 bits per heavy atom. The zero-order valence-corrected chi connectivity index (χ0v) is 11.9. The second-order valence-corrected chi connectivity index (χ2v) is 5.33. The molecule has 0 fully saturated rings. The number of thiazole rings is 1. The van der Waals surface area contributed by atoms with Crippen molar-refractivity contribution in [2.75, 3.05) is 0 Å². The number of carboxylic acid groups (broad SMARTS) is 2. The average Bonchev–Trinajstić information content (AvgIpc) is 2.88. The van der Waals surface area contributed by atoms with E-state index in [1.165, 1.54) is 11.3 Å². The van der Waals surface area contributed by atoms with Crippen LogP contribution >= 0.6 is 11.3 Å². The van der Waals surface area contributed by atoms with Crippen LogP contribution in [-0.4, -0.2) is 43.5 Å². The Morgan fingerprint density at radius 3 is 2.76 bits per heavy atom. The average molecular weight is 311 g/mol. The van der Waals surface area contributed by atoms with E-state index >= 15 is 0 Å². The molecule has 2 aromatic rings. The van der Waals surface area contributed by atoms with Crippen LogP contribution in [-0.2, 0) is 20.8 Å². The van der Waals surface area contributed by atoms with Gasteiger partial charge in [-0.05, 0) is 6.92 Å². The number of amides is 1. The summed E-state index contributed by atoms with van der Waals surface area (Å²) >= 11 is 1.37. The zero-order valence-electron chi connectivity index (χ0n) is 11.1. The molecule has 0 saturated heterocycles. The number of nitrogens with zero attached hydrogens (tertiary/aromatic N) is 2. The number of fused-ring (bicyclic) bond motifs is 1. The van der Waals surface area contributed by atoms with E-state index in [1.54, 1.807) is 16.0 Å². The first-order valence-corrected chi connectivity index (χ1v) is 6.91. The lowest BCUT2D eigenvalue weighted by Gasteiger charge is -2.12. The Kier molecular flexibility index (Phi) is 4.22. The summed E-state index contributed by atoms with van der Waals surface area (Å²) in [5.41, 5.74) is 1.49. The van der Waals surface area contributed by atoms with Gasteiger partial charge in [-0.1, -0.05) is 0 Å². The van der Waals surface area contributed by atoms with E-state index in [2.05, 4.69) is 10.3 Å². The SMILES string of the molecule is Cc1cn2c(CC(=O)NC(CC(=O)O)C(=O)O)csc2n1. The molecule has 3 N–H and O–H groups in total. The van der Waals surface area contributed by atoms with Crippen molar-refractivity contribution in [2.24, 2.45) is 0 Å². The van der Waals surface area contributed by atoms with Crippen molar-refractivity contribution < 1.29 is 24.6 Å². The molecule has 1 unspecified atom stereocenters. The minimum absolute atomic E-state index is 0.0425. The number of aromatic nitrogens is 2. The first-order chi connectivity index (χ1) is 9.86. The summed E-state index contributed by atoms with van der Waals surface area (Å²) < 4.78 is 1.76. The second kappa shape index (κ2) is 5.92. The molecule has 21 heavy (non-hydrogen) atoms. The number of imidazole rings is 1. The topological polar surface area (TPSA) is 121 Å². The largest absolute Gasteiger partial charge is 0.481 e. The molecule has 2 rings (SSSR count). The van der Waals surface area contributed by atoms with Gasteiger partial charge in [0.2, 0.25) is 5.91 Å². The van der Waals surface area contributed by atoms with Crippen molar-refractivity contribution in [1.82, 2.24) is 14.7 Å². The highest BCUT2D eigenvalue weighted by Crippen LogP contribution is 2.16. The molecule has 8 nitrogen and oxygen atoms in total. The summed E-state index contributed by atoms with van der Waals surface area (Å²) in [5.74, 6) is -3.21. The van der Waals surface area contributed by atoms with Crippen LogP contribution in [0.4, 0.5) is 0 Å². The quantitative estimate of drug-likeness (QED) is 0.705. The molecule has 0 aliphatic carbocycles. The van der Waals surface area contributed by atoms with Crippen molar-refractivity contribution in [3.05, 3.63) is 23.0 Å². The monoisotopic (exact) mass is 311 g/mol. The number of carbonyl (C=O) groups is 3. The molecule has 0 bridgehead atoms. The Balaban J connectivity index is 2.06. The Labute approximate surface area is 123 Å². The maximum absolute atomic E-state index is 11.9. The lowest BCUT2D eigenvalue weighted by atomic mass is 10.2. The van der Waals surface area contributed by atoms with Crippen LogP contribution in [0, 0.1) is 6.92 Å². The van der Waals surface area contributed by atoms with E-state index in [4.69, 9.17) is 10.2 Å². The molecular weight excluding hydrogens is 298 g/mol. The van der Waals surface area contributed by atoms with Crippen LogP contribution in [0.3, 0.4) is 0 Å². The molecular formula is C12H13N3O5S. The predicted molar refractivity (Wildman–Crippen MR) is 73.3 cm³/mol. The van der Waals surface area contributed by atoms with Crippen LogP contribution in [0.15, 0.2) is 11.6 Å². The molecule has 0 spiro atoms. The molecule has 0 saturated carbocycles. The number of hydrogen-bond donors (Lipinski definition) is 3. The van der Waals surface area contributed by atoms with Crippen LogP contribution < -0.4 is 5.32 Å². The molecule has 1 atom stereocenters. The highest BCUT2D eigenvalue weighted by atomic mass is 32.1. The van der Waals surface area contributed by atoms with Crippen molar-refractivity contribution in [1.29, 1.82) is 0 Å². The summed E-state index contributed by atoms with van der Waals surface area (Å²) in [7, 11) is 0. The lowest BCUT2D eigenvalue weighted by Crippen LogP contribution is -2.42. The summed E-state index contributed by atoms with van der Waals surface area (Å²) in [5, 5.41) is 21.5. The third kappa shape index (κ3) is 3.57. The van der Waals surface area contributed by atoms with Gasteiger partial charge in [-0.15, -0.1) is 11.3 Å². The van der Waals surface area contributed by atoms with Crippen molar-refractivity contribution in [2.45, 2.75) is 25.8 Å². The van der Waals surface area contributed by atoms with E-state index in [1.807, 2.05) is 6.92 Å². The van der Waals surface area contributed by atoms with Gasteiger partial charge < -0.3 is 15.5 Å². The second-order valence-electron chi connectivity index (χ2n) is 4.49. The summed E-state index contributed by atoms with van der Waals surface area (Å²) in [6.45, 7) is 1.83. The molecule has 1 amide bonds. The predicted octanol–water partition coefficient (Wildman–Crippen LogP) is 0.291.